The van der Waals surface area contributed by atoms with E-state index in [1.807, 2.05) is 12.1 Å². The van der Waals surface area contributed by atoms with E-state index in [1.165, 1.54) is 11.1 Å². The minimum atomic E-state index is -0.627. The molecule has 1 aliphatic heterocycles. The van der Waals surface area contributed by atoms with E-state index in [2.05, 4.69) is 24.3 Å². The van der Waals surface area contributed by atoms with E-state index in [1.54, 1.807) is 17.0 Å². The van der Waals surface area contributed by atoms with Gasteiger partial charge in [-0.2, -0.15) is 5.10 Å². The molecule has 4 rings (SSSR count). The summed E-state index contributed by atoms with van der Waals surface area (Å²) in [5.74, 6) is 0.0700. The van der Waals surface area contributed by atoms with Gasteiger partial charge in [0.25, 0.3) is 5.91 Å². The SMILES string of the molecule is CCC1CCCC(NC(=O)[C@@H]2C[C@H](C)CN2C(=O)Cn2nc(C(N)=O)c3ccccc32)C1. The number of carbonyl (C=O) groups excluding carboxylic acids is 3. The van der Waals surface area contributed by atoms with Gasteiger partial charge in [0.15, 0.2) is 5.69 Å². The Hall–Kier alpha value is -2.90. The van der Waals surface area contributed by atoms with Crippen molar-refractivity contribution in [2.75, 3.05) is 6.54 Å². The maximum absolute atomic E-state index is 13.3. The summed E-state index contributed by atoms with van der Waals surface area (Å²) in [5.41, 5.74) is 6.30. The molecule has 1 saturated carbocycles. The molecule has 0 radical (unpaired) electrons. The van der Waals surface area contributed by atoms with Crippen LogP contribution in [0.4, 0.5) is 0 Å². The number of hydrogen-bond acceptors (Lipinski definition) is 4. The van der Waals surface area contributed by atoms with Crippen molar-refractivity contribution < 1.29 is 14.4 Å². The summed E-state index contributed by atoms with van der Waals surface area (Å²) < 4.78 is 1.52. The maximum Gasteiger partial charge on any atom is 0.269 e. The van der Waals surface area contributed by atoms with Gasteiger partial charge in [0.1, 0.15) is 12.6 Å². The van der Waals surface area contributed by atoms with E-state index in [0.29, 0.717) is 29.8 Å². The number of amides is 3. The van der Waals surface area contributed by atoms with Gasteiger partial charge < -0.3 is 16.0 Å². The summed E-state index contributed by atoms with van der Waals surface area (Å²) in [4.78, 5) is 39.9. The fraction of sp³-hybridized carbons (Fsp3) is 0.583. The molecule has 1 aliphatic carbocycles. The molecule has 172 valence electrons. The van der Waals surface area contributed by atoms with Gasteiger partial charge in [0.05, 0.1) is 5.52 Å². The van der Waals surface area contributed by atoms with Crippen LogP contribution in [0.25, 0.3) is 10.9 Å². The van der Waals surface area contributed by atoms with Gasteiger partial charge in [0, 0.05) is 18.0 Å². The predicted molar refractivity (Wildman–Crippen MR) is 122 cm³/mol. The summed E-state index contributed by atoms with van der Waals surface area (Å²) >= 11 is 0. The van der Waals surface area contributed by atoms with Crippen molar-refractivity contribution in [2.24, 2.45) is 17.6 Å². The molecule has 3 N–H and O–H groups in total. The Balaban J connectivity index is 1.48. The molecule has 0 bridgehead atoms. The molecule has 1 aromatic carbocycles. The summed E-state index contributed by atoms with van der Waals surface area (Å²) in [6, 6.07) is 6.95. The predicted octanol–water partition coefficient (Wildman–Crippen LogP) is 2.46. The second-order valence-electron chi connectivity index (χ2n) is 9.44. The molecule has 4 atom stereocenters. The highest BCUT2D eigenvalue weighted by molar-refractivity contribution is 6.04. The van der Waals surface area contributed by atoms with Crippen LogP contribution in [-0.4, -0.2) is 51.0 Å². The Bertz CT molecular complexity index is 1020. The van der Waals surface area contributed by atoms with Gasteiger partial charge in [-0.05, 0) is 37.2 Å². The molecule has 1 aromatic heterocycles. The number of hydrogen-bond donors (Lipinski definition) is 2. The molecule has 2 aliphatic rings. The molecular weight excluding hydrogens is 406 g/mol. The standard InChI is InChI=1S/C24H33N5O3/c1-3-16-7-6-8-17(12-16)26-24(32)20-11-15(2)13-28(20)21(30)14-29-19-10-5-4-9-18(19)22(27-29)23(25)31/h4-5,9-10,15-17,20H,3,6-8,11-14H2,1-2H3,(H2,25,31)(H,26,32)/t15-,16?,17?,20-/m0/s1. The molecule has 3 amide bonds. The lowest BCUT2D eigenvalue weighted by molar-refractivity contribution is -0.139. The number of nitrogens with zero attached hydrogens (tertiary/aromatic N) is 3. The maximum atomic E-state index is 13.3. The number of likely N-dealkylation sites (tertiary alicyclic amines) is 1. The molecule has 8 nitrogen and oxygen atoms in total. The fourth-order valence-electron chi connectivity index (χ4n) is 5.31. The smallest absolute Gasteiger partial charge is 0.269 e. The van der Waals surface area contributed by atoms with Crippen LogP contribution in [0.1, 0.15) is 62.9 Å². The highest BCUT2D eigenvalue weighted by atomic mass is 16.2. The molecule has 2 fully saturated rings. The van der Waals surface area contributed by atoms with E-state index in [9.17, 15) is 14.4 Å². The van der Waals surface area contributed by atoms with Crippen LogP contribution in [0.15, 0.2) is 24.3 Å². The average Bonchev–Trinajstić information content (AvgIpc) is 3.35. The van der Waals surface area contributed by atoms with Crippen LogP contribution in [0.2, 0.25) is 0 Å². The topological polar surface area (TPSA) is 110 Å². The average molecular weight is 440 g/mol. The molecular formula is C24H33N5O3. The summed E-state index contributed by atoms with van der Waals surface area (Å²) in [5, 5.41) is 8.15. The van der Waals surface area contributed by atoms with Crippen molar-refractivity contribution in [3.8, 4) is 0 Å². The van der Waals surface area contributed by atoms with Gasteiger partial charge in [-0.3, -0.25) is 19.1 Å². The van der Waals surface area contributed by atoms with Gasteiger partial charge in [-0.25, -0.2) is 0 Å². The molecule has 2 aromatic rings. The van der Waals surface area contributed by atoms with E-state index in [-0.39, 0.29) is 36.0 Å². The number of benzene rings is 1. The molecule has 0 spiro atoms. The normalized spacial score (nSPS) is 25.8. The van der Waals surface area contributed by atoms with Crippen molar-refractivity contribution >= 4 is 28.6 Å². The number of fused-ring (bicyclic) bond motifs is 1. The van der Waals surface area contributed by atoms with E-state index < -0.39 is 11.9 Å². The van der Waals surface area contributed by atoms with E-state index in [0.717, 1.165) is 25.7 Å². The Morgan fingerprint density at radius 1 is 1.19 bits per heavy atom. The lowest BCUT2D eigenvalue weighted by atomic mass is 9.84. The Morgan fingerprint density at radius 2 is 1.97 bits per heavy atom. The number of rotatable bonds is 6. The van der Waals surface area contributed by atoms with Crippen molar-refractivity contribution in [3.05, 3.63) is 30.0 Å². The number of primary amides is 1. The van der Waals surface area contributed by atoms with Gasteiger partial charge >= 0.3 is 0 Å². The number of nitrogens with two attached hydrogens (primary N) is 1. The minimum absolute atomic E-state index is 0.0361. The van der Waals surface area contributed by atoms with Crippen LogP contribution >= 0.6 is 0 Å². The first kappa shape index (κ1) is 22.3. The Labute approximate surface area is 188 Å². The zero-order valence-corrected chi connectivity index (χ0v) is 18.9. The number of para-hydroxylation sites is 1. The van der Waals surface area contributed by atoms with Crippen molar-refractivity contribution in [3.63, 3.8) is 0 Å². The first-order valence-electron chi connectivity index (χ1n) is 11.7. The number of carbonyl (C=O) groups is 3. The van der Waals surface area contributed by atoms with Crippen molar-refractivity contribution in [2.45, 2.75) is 71.0 Å². The van der Waals surface area contributed by atoms with Crippen LogP contribution in [0.3, 0.4) is 0 Å². The van der Waals surface area contributed by atoms with Crippen LogP contribution in [0.5, 0.6) is 0 Å². The van der Waals surface area contributed by atoms with Crippen molar-refractivity contribution in [1.82, 2.24) is 20.0 Å². The van der Waals surface area contributed by atoms with E-state index in [4.69, 9.17) is 5.73 Å². The van der Waals surface area contributed by atoms with Gasteiger partial charge in [-0.1, -0.05) is 51.3 Å². The highest BCUT2D eigenvalue weighted by Crippen LogP contribution is 2.28. The van der Waals surface area contributed by atoms with Crippen LogP contribution in [-0.2, 0) is 16.1 Å². The third kappa shape index (κ3) is 4.49. The monoisotopic (exact) mass is 439 g/mol. The zero-order valence-electron chi connectivity index (χ0n) is 18.9. The third-order valence-corrected chi connectivity index (χ3v) is 7.02. The van der Waals surface area contributed by atoms with Gasteiger partial charge in [-0.15, -0.1) is 0 Å². The zero-order chi connectivity index (χ0) is 22.8. The number of nitrogens with one attached hydrogen (secondary N) is 1. The third-order valence-electron chi connectivity index (χ3n) is 7.02. The van der Waals surface area contributed by atoms with Gasteiger partial charge in [0.2, 0.25) is 11.8 Å². The van der Waals surface area contributed by atoms with Crippen LogP contribution < -0.4 is 11.1 Å². The first-order chi connectivity index (χ1) is 15.4. The second-order valence-corrected chi connectivity index (χ2v) is 9.44. The fourth-order valence-corrected chi connectivity index (χ4v) is 5.31. The Kier molecular flexibility index (Phi) is 6.48. The van der Waals surface area contributed by atoms with Crippen LogP contribution in [0, 0.1) is 11.8 Å². The largest absolute Gasteiger partial charge is 0.364 e. The lowest BCUT2D eigenvalue weighted by Crippen LogP contribution is -2.50. The second kappa shape index (κ2) is 9.30. The lowest BCUT2D eigenvalue weighted by Gasteiger charge is -2.31. The summed E-state index contributed by atoms with van der Waals surface area (Å²) in [6.45, 7) is 4.78. The minimum Gasteiger partial charge on any atom is -0.364 e. The first-order valence-corrected chi connectivity index (χ1v) is 11.7. The molecule has 2 heterocycles. The quantitative estimate of drug-likeness (QED) is 0.720. The highest BCUT2D eigenvalue weighted by Gasteiger charge is 2.39. The van der Waals surface area contributed by atoms with E-state index >= 15 is 0 Å². The summed E-state index contributed by atoms with van der Waals surface area (Å²) in [7, 11) is 0. The molecule has 1 saturated heterocycles. The Morgan fingerprint density at radius 3 is 2.72 bits per heavy atom. The number of aromatic nitrogens is 2. The summed E-state index contributed by atoms with van der Waals surface area (Å²) in [6.07, 6.45) is 6.21. The molecule has 32 heavy (non-hydrogen) atoms. The van der Waals surface area contributed by atoms with Crippen molar-refractivity contribution in [1.29, 1.82) is 0 Å². The molecule has 2 unspecified atom stereocenters. The molecule has 8 heteroatoms.